The molecule has 19 heavy (non-hydrogen) atoms. The van der Waals surface area contributed by atoms with E-state index in [1.54, 1.807) is 11.1 Å². The molecule has 0 heteroatoms. The van der Waals surface area contributed by atoms with Crippen LogP contribution in [0.3, 0.4) is 0 Å². The molecule has 96 valence electrons. The van der Waals surface area contributed by atoms with Crippen molar-refractivity contribution in [3.05, 3.63) is 70.8 Å². The Hall–Kier alpha value is -1.82. The van der Waals surface area contributed by atoms with Crippen LogP contribution in [0, 0.1) is 0 Å². The van der Waals surface area contributed by atoms with Gasteiger partial charge in [0.1, 0.15) is 0 Å². The molecule has 0 nitrogen and oxygen atoms in total. The van der Waals surface area contributed by atoms with Crippen LogP contribution in [0.25, 0.3) is 11.6 Å². The van der Waals surface area contributed by atoms with Gasteiger partial charge in [-0.15, -0.1) is 0 Å². The van der Waals surface area contributed by atoms with Crippen molar-refractivity contribution in [3.63, 3.8) is 0 Å². The van der Waals surface area contributed by atoms with Crippen LogP contribution >= 0.6 is 0 Å². The zero-order valence-corrected chi connectivity index (χ0v) is 11.5. The average molecular weight is 248 g/mol. The van der Waals surface area contributed by atoms with Crippen molar-refractivity contribution in [3.8, 4) is 0 Å². The summed E-state index contributed by atoms with van der Waals surface area (Å²) in [6.45, 7) is 2.23. The standard InChI is InChI=1S/C19H20/c1-15(14-16-8-3-2-4-9-16)18-13-7-11-17-10-5-6-12-19(17)18/h2-4,7-9,11,13-14H,5-6,10,12H2,1H3/b15-14+. The summed E-state index contributed by atoms with van der Waals surface area (Å²) in [5, 5.41) is 0. The summed E-state index contributed by atoms with van der Waals surface area (Å²) in [4.78, 5) is 0. The monoisotopic (exact) mass is 248 g/mol. The maximum absolute atomic E-state index is 2.30. The van der Waals surface area contributed by atoms with E-state index < -0.39 is 0 Å². The molecule has 0 heterocycles. The highest BCUT2D eigenvalue weighted by molar-refractivity contribution is 5.82. The summed E-state index contributed by atoms with van der Waals surface area (Å²) >= 11 is 0. The number of aryl methyl sites for hydroxylation is 1. The van der Waals surface area contributed by atoms with Crippen LogP contribution in [0.5, 0.6) is 0 Å². The molecule has 0 saturated carbocycles. The molecule has 0 aromatic heterocycles. The predicted octanol–water partition coefficient (Wildman–Crippen LogP) is 5.13. The summed E-state index contributed by atoms with van der Waals surface area (Å²) in [5.41, 5.74) is 7.25. The highest BCUT2D eigenvalue weighted by atomic mass is 14.2. The van der Waals surface area contributed by atoms with Gasteiger partial charge in [-0.25, -0.2) is 0 Å². The summed E-state index contributed by atoms with van der Waals surface area (Å²) in [7, 11) is 0. The van der Waals surface area contributed by atoms with Crippen LogP contribution in [0.1, 0.15) is 42.0 Å². The van der Waals surface area contributed by atoms with E-state index in [1.807, 2.05) is 0 Å². The molecule has 2 aromatic carbocycles. The van der Waals surface area contributed by atoms with Crippen molar-refractivity contribution < 1.29 is 0 Å². The molecule has 0 saturated heterocycles. The second-order valence-electron chi connectivity index (χ2n) is 5.39. The van der Waals surface area contributed by atoms with Gasteiger partial charge in [-0.05, 0) is 60.4 Å². The Kier molecular flexibility index (Phi) is 3.50. The first-order chi connectivity index (χ1) is 9.34. The Morgan fingerprint density at radius 2 is 1.68 bits per heavy atom. The first-order valence-electron chi connectivity index (χ1n) is 7.19. The Bertz CT molecular complexity index is 591. The molecule has 0 spiro atoms. The smallest absolute Gasteiger partial charge is 0.0192 e. The SMILES string of the molecule is C/C(=C\c1ccccc1)c1cccc2c1CCCC2. The summed E-state index contributed by atoms with van der Waals surface area (Å²) in [6.07, 6.45) is 7.47. The van der Waals surface area contributed by atoms with E-state index in [0.29, 0.717) is 0 Å². The minimum Gasteiger partial charge on any atom is -0.0622 e. The van der Waals surface area contributed by atoms with E-state index >= 15 is 0 Å². The first-order valence-corrected chi connectivity index (χ1v) is 7.19. The van der Waals surface area contributed by atoms with Crippen molar-refractivity contribution in [1.82, 2.24) is 0 Å². The van der Waals surface area contributed by atoms with Crippen LogP contribution < -0.4 is 0 Å². The molecule has 1 aliphatic carbocycles. The first kappa shape index (κ1) is 12.2. The highest BCUT2D eigenvalue weighted by Crippen LogP contribution is 2.29. The zero-order valence-electron chi connectivity index (χ0n) is 11.5. The lowest BCUT2D eigenvalue weighted by Crippen LogP contribution is -2.05. The molecule has 0 fully saturated rings. The Morgan fingerprint density at radius 3 is 2.53 bits per heavy atom. The number of fused-ring (bicyclic) bond motifs is 1. The quantitative estimate of drug-likeness (QED) is 0.647. The van der Waals surface area contributed by atoms with E-state index in [-0.39, 0.29) is 0 Å². The molecule has 0 amide bonds. The van der Waals surface area contributed by atoms with Gasteiger partial charge in [0.15, 0.2) is 0 Å². The third-order valence-corrected chi connectivity index (χ3v) is 4.00. The molecular formula is C19H20. The average Bonchev–Trinajstić information content (AvgIpc) is 2.47. The highest BCUT2D eigenvalue weighted by Gasteiger charge is 2.13. The normalized spacial score (nSPS) is 15.1. The summed E-state index contributed by atoms with van der Waals surface area (Å²) < 4.78 is 0. The topological polar surface area (TPSA) is 0 Å². The molecular weight excluding hydrogens is 228 g/mol. The fourth-order valence-electron chi connectivity index (χ4n) is 3.03. The predicted molar refractivity (Wildman–Crippen MR) is 83.1 cm³/mol. The third kappa shape index (κ3) is 2.63. The largest absolute Gasteiger partial charge is 0.0622 e. The van der Waals surface area contributed by atoms with E-state index in [0.717, 1.165) is 0 Å². The lowest BCUT2D eigenvalue weighted by atomic mass is 9.86. The third-order valence-electron chi connectivity index (χ3n) is 4.00. The van der Waals surface area contributed by atoms with Gasteiger partial charge in [0, 0.05) is 0 Å². The van der Waals surface area contributed by atoms with Gasteiger partial charge in [0.05, 0.1) is 0 Å². The van der Waals surface area contributed by atoms with Gasteiger partial charge in [-0.2, -0.15) is 0 Å². The van der Waals surface area contributed by atoms with Crippen LogP contribution in [0.2, 0.25) is 0 Å². The van der Waals surface area contributed by atoms with Gasteiger partial charge >= 0.3 is 0 Å². The molecule has 2 aromatic rings. The Labute approximate surface area is 115 Å². The fraction of sp³-hybridized carbons (Fsp3) is 0.263. The number of hydrogen-bond donors (Lipinski definition) is 0. The van der Waals surface area contributed by atoms with Gasteiger partial charge < -0.3 is 0 Å². The molecule has 0 aliphatic heterocycles. The lowest BCUT2D eigenvalue weighted by molar-refractivity contribution is 0.684. The Morgan fingerprint density at radius 1 is 0.895 bits per heavy atom. The van der Waals surface area contributed by atoms with Crippen molar-refractivity contribution in [2.45, 2.75) is 32.6 Å². The van der Waals surface area contributed by atoms with E-state index in [2.05, 4.69) is 61.5 Å². The number of hydrogen-bond acceptors (Lipinski definition) is 0. The molecule has 0 radical (unpaired) electrons. The maximum atomic E-state index is 2.30. The second-order valence-corrected chi connectivity index (χ2v) is 5.39. The van der Waals surface area contributed by atoms with Crippen molar-refractivity contribution in [1.29, 1.82) is 0 Å². The zero-order chi connectivity index (χ0) is 13.1. The summed E-state index contributed by atoms with van der Waals surface area (Å²) in [5.74, 6) is 0. The second kappa shape index (κ2) is 5.44. The van der Waals surface area contributed by atoms with Gasteiger partial charge in [0.2, 0.25) is 0 Å². The minimum absolute atomic E-state index is 1.24. The molecule has 0 unspecified atom stereocenters. The van der Waals surface area contributed by atoms with E-state index in [1.165, 1.54) is 42.4 Å². The van der Waals surface area contributed by atoms with E-state index in [9.17, 15) is 0 Å². The van der Waals surface area contributed by atoms with Gasteiger partial charge in [-0.1, -0.05) is 54.6 Å². The van der Waals surface area contributed by atoms with Crippen molar-refractivity contribution >= 4 is 11.6 Å². The van der Waals surface area contributed by atoms with Crippen LogP contribution in [-0.4, -0.2) is 0 Å². The molecule has 1 aliphatic rings. The van der Waals surface area contributed by atoms with Crippen LogP contribution in [-0.2, 0) is 12.8 Å². The summed E-state index contributed by atoms with van der Waals surface area (Å²) in [6, 6.07) is 17.4. The minimum atomic E-state index is 1.24. The van der Waals surface area contributed by atoms with Gasteiger partial charge in [0.25, 0.3) is 0 Å². The number of rotatable bonds is 2. The molecule has 0 atom stereocenters. The molecule has 3 rings (SSSR count). The molecule has 0 bridgehead atoms. The molecule has 0 N–H and O–H groups in total. The van der Waals surface area contributed by atoms with Crippen LogP contribution in [0.4, 0.5) is 0 Å². The number of benzene rings is 2. The maximum Gasteiger partial charge on any atom is -0.0192 e. The van der Waals surface area contributed by atoms with Crippen molar-refractivity contribution in [2.24, 2.45) is 0 Å². The van der Waals surface area contributed by atoms with E-state index in [4.69, 9.17) is 0 Å². The van der Waals surface area contributed by atoms with Crippen molar-refractivity contribution in [2.75, 3.05) is 0 Å². The lowest BCUT2D eigenvalue weighted by Gasteiger charge is -2.19. The Balaban J connectivity index is 2.00. The number of allylic oxidation sites excluding steroid dienone is 1. The van der Waals surface area contributed by atoms with Gasteiger partial charge in [-0.3, -0.25) is 0 Å². The fourth-order valence-corrected chi connectivity index (χ4v) is 3.03. The van der Waals surface area contributed by atoms with Crippen LogP contribution in [0.15, 0.2) is 48.5 Å².